The molecule has 0 radical (unpaired) electrons. The Hall–Kier alpha value is 0.137. The fraction of sp³-hybridized carbons (Fsp3) is 1.00. The maximum absolute atomic E-state index is 6.40. The largest absolute Gasteiger partial charge is 0.417 e. The monoisotopic (exact) mass is 268 g/mol. The molecule has 18 heavy (non-hydrogen) atoms. The van der Waals surface area contributed by atoms with E-state index in [1.807, 2.05) is 7.11 Å². The molecule has 0 amide bonds. The van der Waals surface area contributed by atoms with Crippen LogP contribution in [0.1, 0.15) is 64.2 Å². The van der Waals surface area contributed by atoms with Gasteiger partial charge in [0.2, 0.25) is 8.32 Å². The van der Waals surface area contributed by atoms with E-state index in [2.05, 4.69) is 0 Å². The number of ether oxygens (including phenoxy) is 1. The van der Waals surface area contributed by atoms with Gasteiger partial charge in [-0.3, -0.25) is 0 Å². The summed E-state index contributed by atoms with van der Waals surface area (Å²) in [5, 5.41) is 0. The standard InChI is InChI=1S/C15H28O2Si/c1-16-18(13-7-2-3-8-13,14-9-4-5-10-14)15-11-6-12-17-15/h13-15H,2-12H2,1H3. The molecule has 0 aromatic rings. The number of rotatable bonds is 4. The topological polar surface area (TPSA) is 18.5 Å². The van der Waals surface area contributed by atoms with Gasteiger partial charge in [0.25, 0.3) is 0 Å². The third-order valence-electron chi connectivity index (χ3n) is 5.77. The zero-order chi connectivity index (χ0) is 12.4. The molecule has 1 heterocycles. The Balaban J connectivity index is 1.87. The van der Waals surface area contributed by atoms with E-state index >= 15 is 0 Å². The Morgan fingerprint density at radius 1 is 0.833 bits per heavy atom. The van der Waals surface area contributed by atoms with Gasteiger partial charge in [-0.1, -0.05) is 51.4 Å². The molecule has 1 aliphatic heterocycles. The lowest BCUT2D eigenvalue weighted by Crippen LogP contribution is -2.56. The smallest absolute Gasteiger partial charge is 0.226 e. The summed E-state index contributed by atoms with van der Waals surface area (Å²) >= 11 is 0. The molecular formula is C15H28O2Si. The van der Waals surface area contributed by atoms with Gasteiger partial charge >= 0.3 is 0 Å². The van der Waals surface area contributed by atoms with Crippen LogP contribution in [-0.2, 0) is 9.16 Å². The van der Waals surface area contributed by atoms with Gasteiger partial charge in [-0.2, -0.15) is 0 Å². The van der Waals surface area contributed by atoms with Crippen molar-refractivity contribution in [1.82, 2.24) is 0 Å². The SMILES string of the molecule is CO[Si](C1CCCC1)(C1CCCC1)C1CCCO1. The fourth-order valence-corrected chi connectivity index (χ4v) is 11.3. The van der Waals surface area contributed by atoms with Gasteiger partial charge in [0.1, 0.15) is 0 Å². The first-order chi connectivity index (χ1) is 8.88. The van der Waals surface area contributed by atoms with Crippen LogP contribution in [-0.4, -0.2) is 27.8 Å². The van der Waals surface area contributed by atoms with Crippen molar-refractivity contribution < 1.29 is 9.16 Å². The number of hydrogen-bond donors (Lipinski definition) is 0. The van der Waals surface area contributed by atoms with E-state index in [1.54, 1.807) is 0 Å². The predicted octanol–water partition coefficient (Wildman–Crippen LogP) is 4.18. The lowest BCUT2D eigenvalue weighted by Gasteiger charge is -2.44. The van der Waals surface area contributed by atoms with Crippen LogP contribution in [0, 0.1) is 0 Å². The molecule has 2 aliphatic carbocycles. The highest BCUT2D eigenvalue weighted by Crippen LogP contribution is 2.53. The maximum Gasteiger partial charge on any atom is 0.226 e. The first-order valence-corrected chi connectivity index (χ1v) is 10.2. The summed E-state index contributed by atoms with van der Waals surface area (Å²) in [4.78, 5) is 0. The van der Waals surface area contributed by atoms with Gasteiger partial charge in [-0.05, 0) is 23.9 Å². The zero-order valence-corrected chi connectivity index (χ0v) is 12.8. The summed E-state index contributed by atoms with van der Waals surface area (Å²) in [6.07, 6.45) is 14.0. The summed E-state index contributed by atoms with van der Waals surface area (Å²) in [5.74, 6) is 0. The molecule has 3 aliphatic rings. The molecule has 3 fully saturated rings. The van der Waals surface area contributed by atoms with E-state index < -0.39 is 8.32 Å². The highest BCUT2D eigenvalue weighted by Gasteiger charge is 2.56. The van der Waals surface area contributed by atoms with Crippen molar-refractivity contribution in [3.8, 4) is 0 Å². The quantitative estimate of drug-likeness (QED) is 0.712. The van der Waals surface area contributed by atoms with Crippen LogP contribution in [0.5, 0.6) is 0 Å². The summed E-state index contributed by atoms with van der Waals surface area (Å²) in [6.45, 7) is 0.988. The summed E-state index contributed by atoms with van der Waals surface area (Å²) in [5.41, 5.74) is 2.32. The molecule has 0 aromatic carbocycles. The van der Waals surface area contributed by atoms with Gasteiger partial charge < -0.3 is 9.16 Å². The maximum atomic E-state index is 6.40. The lowest BCUT2D eigenvalue weighted by molar-refractivity contribution is 0.133. The molecular weight excluding hydrogens is 240 g/mol. The van der Waals surface area contributed by atoms with Gasteiger partial charge in [0, 0.05) is 13.7 Å². The molecule has 0 N–H and O–H groups in total. The summed E-state index contributed by atoms with van der Waals surface area (Å²) in [6, 6.07) is 0. The van der Waals surface area contributed by atoms with Crippen molar-refractivity contribution in [1.29, 1.82) is 0 Å². The van der Waals surface area contributed by atoms with Crippen LogP contribution in [0.4, 0.5) is 0 Å². The average Bonchev–Trinajstić information content (AvgIpc) is 3.16. The minimum absolute atomic E-state index is 0.522. The summed E-state index contributed by atoms with van der Waals surface area (Å²) in [7, 11) is 0.326. The molecule has 3 rings (SSSR count). The molecule has 2 nitrogen and oxygen atoms in total. The molecule has 1 atom stereocenters. The first-order valence-electron chi connectivity index (χ1n) is 8.04. The molecule has 2 saturated carbocycles. The molecule has 3 heteroatoms. The van der Waals surface area contributed by atoms with E-state index in [9.17, 15) is 0 Å². The molecule has 0 bridgehead atoms. The Kier molecular flexibility index (Phi) is 4.11. The minimum atomic E-state index is -1.69. The Labute approximate surface area is 113 Å². The molecule has 0 spiro atoms. The van der Waals surface area contributed by atoms with Crippen LogP contribution in [0.3, 0.4) is 0 Å². The molecule has 1 unspecified atom stereocenters. The van der Waals surface area contributed by atoms with Crippen LogP contribution in [0.25, 0.3) is 0 Å². The Bertz CT molecular complexity index is 223. The second-order valence-electron chi connectivity index (χ2n) is 6.52. The Morgan fingerprint density at radius 3 is 1.78 bits per heavy atom. The second kappa shape index (κ2) is 5.64. The van der Waals surface area contributed by atoms with Crippen molar-refractivity contribution >= 4 is 8.32 Å². The highest BCUT2D eigenvalue weighted by atomic mass is 28.4. The highest BCUT2D eigenvalue weighted by molar-refractivity contribution is 6.78. The van der Waals surface area contributed by atoms with Crippen molar-refractivity contribution in [2.45, 2.75) is 81.0 Å². The van der Waals surface area contributed by atoms with Gasteiger partial charge in [0.05, 0.1) is 5.73 Å². The van der Waals surface area contributed by atoms with E-state index in [1.165, 1.54) is 64.2 Å². The van der Waals surface area contributed by atoms with Gasteiger partial charge in [0.15, 0.2) is 0 Å². The van der Waals surface area contributed by atoms with E-state index in [-0.39, 0.29) is 0 Å². The normalized spacial score (nSPS) is 31.5. The van der Waals surface area contributed by atoms with Crippen LogP contribution >= 0.6 is 0 Å². The Morgan fingerprint density at radius 2 is 1.39 bits per heavy atom. The second-order valence-corrected chi connectivity index (χ2v) is 10.9. The predicted molar refractivity (Wildman–Crippen MR) is 76.2 cm³/mol. The lowest BCUT2D eigenvalue weighted by atomic mass is 10.3. The van der Waals surface area contributed by atoms with Crippen molar-refractivity contribution in [3.05, 3.63) is 0 Å². The molecule has 104 valence electrons. The van der Waals surface area contributed by atoms with Gasteiger partial charge in [-0.25, -0.2) is 0 Å². The molecule has 1 saturated heterocycles. The van der Waals surface area contributed by atoms with Gasteiger partial charge in [-0.15, -0.1) is 0 Å². The van der Waals surface area contributed by atoms with E-state index in [0.717, 1.165) is 17.7 Å². The van der Waals surface area contributed by atoms with Crippen LogP contribution in [0.2, 0.25) is 11.1 Å². The van der Waals surface area contributed by atoms with Crippen LogP contribution < -0.4 is 0 Å². The zero-order valence-electron chi connectivity index (χ0n) is 11.8. The number of hydrogen-bond acceptors (Lipinski definition) is 2. The fourth-order valence-electron chi connectivity index (χ4n) is 5.01. The van der Waals surface area contributed by atoms with Crippen molar-refractivity contribution in [2.24, 2.45) is 0 Å². The summed E-state index contributed by atoms with van der Waals surface area (Å²) < 4.78 is 12.6. The third-order valence-corrected chi connectivity index (χ3v) is 11.6. The third kappa shape index (κ3) is 2.08. The minimum Gasteiger partial charge on any atom is -0.417 e. The van der Waals surface area contributed by atoms with Crippen LogP contribution in [0.15, 0.2) is 0 Å². The first kappa shape index (κ1) is 13.1. The molecule has 0 aromatic heterocycles. The van der Waals surface area contributed by atoms with E-state index in [0.29, 0.717) is 5.73 Å². The van der Waals surface area contributed by atoms with E-state index in [4.69, 9.17) is 9.16 Å². The van der Waals surface area contributed by atoms with Crippen molar-refractivity contribution in [2.75, 3.05) is 13.7 Å². The van der Waals surface area contributed by atoms with Crippen molar-refractivity contribution in [3.63, 3.8) is 0 Å². The average molecular weight is 268 g/mol.